The highest BCUT2D eigenvalue weighted by Gasteiger charge is 2.14. The smallest absolute Gasteiger partial charge is 0.251 e. The van der Waals surface area contributed by atoms with Gasteiger partial charge in [0, 0.05) is 5.56 Å². The average Bonchev–Trinajstić information content (AvgIpc) is 3.21. The molecule has 0 atom stereocenters. The van der Waals surface area contributed by atoms with Crippen molar-refractivity contribution >= 4 is 16.9 Å². The number of imidazole rings is 1. The molecule has 0 spiro atoms. The van der Waals surface area contributed by atoms with Crippen molar-refractivity contribution in [2.24, 2.45) is 0 Å². The average molecular weight is 460 g/mol. The Morgan fingerprint density at radius 3 is 2.53 bits per heavy atom. The Bertz CT molecular complexity index is 1310. The Hall–Kier alpha value is -4.00. The van der Waals surface area contributed by atoms with Crippen LogP contribution in [0, 0.1) is 13.8 Å². The fourth-order valence-electron chi connectivity index (χ4n) is 3.86. The van der Waals surface area contributed by atoms with Gasteiger partial charge in [-0.15, -0.1) is 0 Å². The van der Waals surface area contributed by atoms with E-state index in [9.17, 15) is 4.79 Å². The van der Waals surface area contributed by atoms with Crippen LogP contribution in [0.25, 0.3) is 11.0 Å². The fraction of sp³-hybridized carbons (Fsp3) is 0.259. The summed E-state index contributed by atoms with van der Waals surface area (Å²) in [5, 5.41) is 2.97. The molecule has 3 aromatic carbocycles. The number of ether oxygens (including phenoxy) is 3. The quantitative estimate of drug-likeness (QED) is 0.393. The molecule has 0 saturated heterocycles. The van der Waals surface area contributed by atoms with Crippen molar-refractivity contribution in [2.45, 2.75) is 26.9 Å². The third kappa shape index (κ3) is 4.98. The van der Waals surface area contributed by atoms with Gasteiger partial charge in [0.25, 0.3) is 5.91 Å². The highest BCUT2D eigenvalue weighted by molar-refractivity contribution is 5.94. The van der Waals surface area contributed by atoms with Crippen LogP contribution < -0.4 is 19.5 Å². The minimum Gasteiger partial charge on any atom is -0.493 e. The second-order valence-corrected chi connectivity index (χ2v) is 8.04. The van der Waals surface area contributed by atoms with Crippen molar-refractivity contribution in [2.75, 3.05) is 20.8 Å². The highest BCUT2D eigenvalue weighted by Crippen LogP contribution is 2.27. The lowest BCUT2D eigenvalue weighted by molar-refractivity contribution is 0.0949. The van der Waals surface area contributed by atoms with Gasteiger partial charge in [0.05, 0.1) is 38.3 Å². The molecule has 4 aromatic rings. The van der Waals surface area contributed by atoms with Gasteiger partial charge in [0.15, 0.2) is 11.5 Å². The Kier molecular flexibility index (Phi) is 7.01. The number of hydrogen-bond donors (Lipinski definition) is 1. The van der Waals surface area contributed by atoms with Crippen LogP contribution in [-0.2, 0) is 13.1 Å². The number of nitrogens with zero attached hydrogens (tertiary/aromatic N) is 2. The first-order chi connectivity index (χ1) is 16.5. The molecule has 7 nitrogen and oxygen atoms in total. The molecule has 1 N–H and O–H groups in total. The van der Waals surface area contributed by atoms with Crippen molar-refractivity contribution in [3.63, 3.8) is 0 Å². The van der Waals surface area contributed by atoms with Crippen molar-refractivity contribution in [1.29, 1.82) is 0 Å². The lowest BCUT2D eigenvalue weighted by Crippen LogP contribution is -2.25. The van der Waals surface area contributed by atoms with Crippen LogP contribution in [0.3, 0.4) is 0 Å². The number of nitrogens with one attached hydrogen (secondary N) is 1. The molecular weight excluding hydrogens is 430 g/mol. The summed E-state index contributed by atoms with van der Waals surface area (Å²) < 4.78 is 18.7. The molecule has 34 heavy (non-hydrogen) atoms. The van der Waals surface area contributed by atoms with Gasteiger partial charge in [-0.1, -0.05) is 24.3 Å². The van der Waals surface area contributed by atoms with E-state index in [1.807, 2.05) is 37.3 Å². The normalized spacial score (nSPS) is 10.8. The number of amides is 1. The SMILES string of the molecule is COc1ccc(C(=O)NCc2nc3ccccc3n2CCOc2cc(C)ccc2C)cc1OC. The van der Waals surface area contributed by atoms with E-state index in [1.165, 1.54) is 0 Å². The molecule has 0 saturated carbocycles. The molecule has 4 rings (SSSR count). The van der Waals surface area contributed by atoms with Crippen LogP contribution in [0.15, 0.2) is 60.7 Å². The molecule has 0 fully saturated rings. The third-order valence-electron chi connectivity index (χ3n) is 5.70. The second kappa shape index (κ2) is 10.3. The molecule has 0 unspecified atom stereocenters. The maximum absolute atomic E-state index is 12.8. The molecule has 0 bridgehead atoms. The summed E-state index contributed by atoms with van der Waals surface area (Å²) in [5.74, 6) is 2.51. The first-order valence-electron chi connectivity index (χ1n) is 11.1. The van der Waals surface area contributed by atoms with E-state index in [1.54, 1.807) is 32.4 Å². The summed E-state index contributed by atoms with van der Waals surface area (Å²) in [7, 11) is 3.11. The van der Waals surface area contributed by atoms with Gasteiger partial charge < -0.3 is 24.1 Å². The van der Waals surface area contributed by atoms with Gasteiger partial charge >= 0.3 is 0 Å². The van der Waals surface area contributed by atoms with Crippen LogP contribution in [0.2, 0.25) is 0 Å². The van der Waals surface area contributed by atoms with E-state index in [4.69, 9.17) is 19.2 Å². The number of fused-ring (bicyclic) bond motifs is 1. The lowest BCUT2D eigenvalue weighted by Gasteiger charge is -2.13. The summed E-state index contributed by atoms with van der Waals surface area (Å²) in [6.45, 7) is 5.47. The van der Waals surface area contributed by atoms with Gasteiger partial charge in [-0.2, -0.15) is 0 Å². The molecule has 0 aliphatic heterocycles. The molecule has 0 aliphatic rings. The van der Waals surface area contributed by atoms with E-state index < -0.39 is 0 Å². The predicted octanol–water partition coefficient (Wildman–Crippen LogP) is 4.68. The van der Waals surface area contributed by atoms with E-state index in [0.717, 1.165) is 33.7 Å². The first-order valence-corrected chi connectivity index (χ1v) is 11.1. The summed E-state index contributed by atoms with van der Waals surface area (Å²) in [6, 6.07) is 19.2. The van der Waals surface area contributed by atoms with Gasteiger partial charge in [-0.05, 0) is 61.4 Å². The largest absolute Gasteiger partial charge is 0.493 e. The number of hydrogen-bond acceptors (Lipinski definition) is 5. The molecule has 1 aromatic heterocycles. The number of rotatable bonds is 9. The van der Waals surface area contributed by atoms with E-state index in [2.05, 4.69) is 28.9 Å². The number of methoxy groups -OCH3 is 2. The number of benzene rings is 3. The van der Waals surface area contributed by atoms with E-state index in [-0.39, 0.29) is 12.5 Å². The molecule has 1 amide bonds. The minimum absolute atomic E-state index is 0.216. The first kappa shape index (κ1) is 23.2. The van der Waals surface area contributed by atoms with Crippen LogP contribution in [0.4, 0.5) is 0 Å². The van der Waals surface area contributed by atoms with Gasteiger partial charge in [-0.3, -0.25) is 4.79 Å². The van der Waals surface area contributed by atoms with Crippen molar-refractivity contribution in [3.8, 4) is 17.2 Å². The summed E-state index contributed by atoms with van der Waals surface area (Å²) in [5.41, 5.74) is 4.63. The number of carbonyl (C=O) groups excluding carboxylic acids is 1. The van der Waals surface area contributed by atoms with Gasteiger partial charge in [0.1, 0.15) is 18.2 Å². The molecular formula is C27H29N3O4. The van der Waals surface area contributed by atoms with Crippen LogP contribution in [0.5, 0.6) is 17.2 Å². The zero-order valence-electron chi connectivity index (χ0n) is 19.9. The Labute approximate surface area is 199 Å². The molecule has 1 heterocycles. The zero-order chi connectivity index (χ0) is 24.1. The van der Waals surface area contributed by atoms with Crippen LogP contribution in [0.1, 0.15) is 27.3 Å². The maximum atomic E-state index is 12.8. The predicted molar refractivity (Wildman–Crippen MR) is 132 cm³/mol. The Morgan fingerprint density at radius 1 is 0.941 bits per heavy atom. The number of aromatic nitrogens is 2. The molecule has 0 radical (unpaired) electrons. The molecule has 7 heteroatoms. The Morgan fingerprint density at radius 2 is 1.74 bits per heavy atom. The van der Waals surface area contributed by atoms with Crippen molar-refractivity contribution in [1.82, 2.24) is 14.9 Å². The fourth-order valence-corrected chi connectivity index (χ4v) is 3.86. The topological polar surface area (TPSA) is 74.6 Å². The number of carbonyl (C=O) groups is 1. The zero-order valence-corrected chi connectivity index (χ0v) is 19.9. The van der Waals surface area contributed by atoms with Crippen molar-refractivity contribution < 1.29 is 19.0 Å². The molecule has 0 aliphatic carbocycles. The van der Waals surface area contributed by atoms with Crippen LogP contribution in [-0.4, -0.2) is 36.3 Å². The summed E-state index contributed by atoms with van der Waals surface area (Å²) in [4.78, 5) is 17.6. The van der Waals surface area contributed by atoms with Gasteiger partial charge in [0.2, 0.25) is 0 Å². The summed E-state index contributed by atoms with van der Waals surface area (Å²) >= 11 is 0. The highest BCUT2D eigenvalue weighted by atomic mass is 16.5. The lowest BCUT2D eigenvalue weighted by atomic mass is 10.1. The third-order valence-corrected chi connectivity index (χ3v) is 5.70. The number of para-hydroxylation sites is 2. The monoisotopic (exact) mass is 459 g/mol. The summed E-state index contributed by atoms with van der Waals surface area (Å²) in [6.07, 6.45) is 0. The van der Waals surface area contributed by atoms with Crippen LogP contribution >= 0.6 is 0 Å². The van der Waals surface area contributed by atoms with E-state index in [0.29, 0.717) is 30.2 Å². The van der Waals surface area contributed by atoms with Crippen molar-refractivity contribution in [3.05, 3.63) is 83.2 Å². The minimum atomic E-state index is -0.216. The maximum Gasteiger partial charge on any atom is 0.251 e. The second-order valence-electron chi connectivity index (χ2n) is 8.04. The Balaban J connectivity index is 1.49. The molecule has 176 valence electrons. The standard InChI is InChI=1S/C27H29N3O4/c1-18-9-10-19(2)24(15-18)34-14-13-30-22-8-6-5-7-21(22)29-26(30)17-28-27(31)20-11-12-23(32-3)25(16-20)33-4/h5-12,15-16H,13-14,17H2,1-4H3,(H,28,31). The van der Waals surface area contributed by atoms with E-state index >= 15 is 0 Å². The number of aryl methyl sites for hydroxylation is 2. The van der Waals surface area contributed by atoms with Gasteiger partial charge in [-0.25, -0.2) is 4.98 Å².